The molecule has 0 bridgehead atoms. The Bertz CT molecular complexity index is 1840. The monoisotopic (exact) mass is 595 g/mol. The first kappa shape index (κ1) is 28.9. The molecule has 3 aromatic carbocycles. The number of halogens is 5. The molecule has 0 aliphatic carbocycles. The Balaban J connectivity index is 1.44. The van der Waals surface area contributed by atoms with Crippen molar-refractivity contribution >= 4 is 11.9 Å². The Hall–Kier alpha value is -5.59. The van der Waals surface area contributed by atoms with Crippen LogP contribution in [0.3, 0.4) is 0 Å². The molecule has 0 fully saturated rings. The second kappa shape index (κ2) is 11.4. The van der Waals surface area contributed by atoms with Crippen molar-refractivity contribution in [2.45, 2.75) is 12.8 Å². The van der Waals surface area contributed by atoms with Crippen molar-refractivity contribution in [3.8, 4) is 34.0 Å². The number of alkyl halides is 3. The highest BCUT2D eigenvalue weighted by Crippen LogP contribution is 2.36. The number of carboxylic acids is 2. The summed E-state index contributed by atoms with van der Waals surface area (Å²) in [6.07, 6.45) is -4.56. The van der Waals surface area contributed by atoms with E-state index in [4.69, 9.17) is 9.84 Å². The summed E-state index contributed by atoms with van der Waals surface area (Å²) in [7, 11) is 0. The topological polar surface area (TPSA) is 115 Å². The molecule has 0 saturated heterocycles. The lowest BCUT2D eigenvalue weighted by Crippen LogP contribution is -2.18. The van der Waals surface area contributed by atoms with Crippen molar-refractivity contribution < 1.29 is 46.5 Å². The maximum Gasteiger partial charge on any atom is 0.434 e. The van der Waals surface area contributed by atoms with Gasteiger partial charge in [-0.3, -0.25) is 0 Å². The van der Waals surface area contributed by atoms with Crippen LogP contribution in [0.1, 0.15) is 32.0 Å². The van der Waals surface area contributed by atoms with E-state index in [2.05, 4.69) is 10.1 Å². The van der Waals surface area contributed by atoms with E-state index in [1.54, 1.807) is 36.4 Å². The summed E-state index contributed by atoms with van der Waals surface area (Å²) in [6, 6.07) is 18.3. The largest absolute Gasteiger partial charge is 0.485 e. The van der Waals surface area contributed by atoms with Gasteiger partial charge in [0.15, 0.2) is 23.1 Å². The van der Waals surface area contributed by atoms with Gasteiger partial charge in [0.25, 0.3) is 0 Å². The van der Waals surface area contributed by atoms with Gasteiger partial charge in [0.2, 0.25) is 0 Å². The van der Waals surface area contributed by atoms with Gasteiger partial charge in [-0.05, 0) is 47.0 Å². The molecule has 5 rings (SSSR count). The third-order valence-corrected chi connectivity index (χ3v) is 6.31. The molecule has 0 aliphatic heterocycles. The zero-order chi connectivity index (χ0) is 30.9. The van der Waals surface area contributed by atoms with Crippen molar-refractivity contribution in [2.75, 3.05) is 0 Å². The summed E-state index contributed by atoms with van der Waals surface area (Å²) in [5, 5.41) is 21.8. The first-order chi connectivity index (χ1) is 20.4. The van der Waals surface area contributed by atoms with Crippen molar-refractivity contribution in [3.63, 3.8) is 0 Å². The lowest BCUT2D eigenvalue weighted by atomic mass is 10.0. The summed E-state index contributed by atoms with van der Waals surface area (Å²) in [6.45, 7) is -0.174. The van der Waals surface area contributed by atoms with Gasteiger partial charge in [-0.2, -0.15) is 18.3 Å². The predicted octanol–water partition coefficient (Wildman–Crippen LogP) is 6.87. The fourth-order valence-corrected chi connectivity index (χ4v) is 4.29. The number of aromatic carboxylic acids is 2. The maximum absolute atomic E-state index is 14.9. The molecule has 0 atom stereocenters. The number of hydrogen-bond donors (Lipinski definition) is 2. The minimum atomic E-state index is -5.10. The van der Waals surface area contributed by atoms with Gasteiger partial charge >= 0.3 is 18.1 Å². The molecule has 0 aliphatic rings. The number of rotatable bonds is 8. The van der Waals surface area contributed by atoms with Gasteiger partial charge in [0, 0.05) is 11.6 Å². The second-order valence-electron chi connectivity index (χ2n) is 9.13. The van der Waals surface area contributed by atoms with Crippen LogP contribution in [0, 0.1) is 11.6 Å². The van der Waals surface area contributed by atoms with Crippen molar-refractivity contribution in [3.05, 3.63) is 119 Å². The summed E-state index contributed by atoms with van der Waals surface area (Å²) < 4.78 is 76.4. The van der Waals surface area contributed by atoms with Crippen LogP contribution in [0.5, 0.6) is 5.75 Å². The molecular formula is C30H18F5N3O5. The third-order valence-electron chi connectivity index (χ3n) is 6.31. The summed E-state index contributed by atoms with van der Waals surface area (Å²) in [5.74, 6) is -5.83. The first-order valence-corrected chi connectivity index (χ1v) is 12.3. The maximum atomic E-state index is 14.9. The second-order valence-corrected chi connectivity index (χ2v) is 9.13. The molecule has 13 heteroatoms. The van der Waals surface area contributed by atoms with E-state index >= 15 is 0 Å². The summed E-state index contributed by atoms with van der Waals surface area (Å²) >= 11 is 0. The number of carbonyl (C=O) groups is 2. The average molecular weight is 595 g/mol. The molecule has 8 nitrogen and oxygen atoms in total. The van der Waals surface area contributed by atoms with Crippen LogP contribution in [0.25, 0.3) is 28.2 Å². The lowest BCUT2D eigenvalue weighted by molar-refractivity contribution is -0.143. The molecule has 2 aromatic heterocycles. The Kier molecular flexibility index (Phi) is 7.64. The number of aromatic nitrogens is 3. The Labute approximate surface area is 239 Å². The molecule has 2 heterocycles. The van der Waals surface area contributed by atoms with Crippen LogP contribution >= 0.6 is 0 Å². The van der Waals surface area contributed by atoms with Crippen molar-refractivity contribution in [1.29, 1.82) is 0 Å². The van der Waals surface area contributed by atoms with Crippen molar-refractivity contribution in [2.24, 2.45) is 0 Å². The fourth-order valence-electron chi connectivity index (χ4n) is 4.29. The number of carboxylic acid groups (broad SMARTS) is 2. The van der Waals surface area contributed by atoms with Crippen LogP contribution in [0.4, 0.5) is 22.0 Å². The number of ether oxygens (including phenoxy) is 1. The van der Waals surface area contributed by atoms with Crippen LogP contribution < -0.4 is 4.74 Å². The molecule has 0 spiro atoms. The van der Waals surface area contributed by atoms with E-state index in [1.807, 2.05) is 0 Å². The standard InChI is InChI=1S/C30H18F5N3O5/c31-20-12-21(24-2-1-3-25(37-24)38-27(30(33,34)35)22(14-36-38)29(41)42)26(23(32)13-20)43-15-16-4-6-17(7-5-16)18-8-10-19(11-9-18)28(39)40/h1-14H,15H2,(H,39,40)(H,41,42). The molecule has 43 heavy (non-hydrogen) atoms. The highest BCUT2D eigenvalue weighted by molar-refractivity contribution is 5.89. The van der Waals surface area contributed by atoms with Gasteiger partial charge in [0.05, 0.1) is 17.5 Å². The third kappa shape index (κ3) is 6.05. The zero-order valence-corrected chi connectivity index (χ0v) is 21.6. The lowest BCUT2D eigenvalue weighted by Gasteiger charge is -2.15. The molecule has 5 aromatic rings. The minimum Gasteiger partial charge on any atom is -0.485 e. The normalized spacial score (nSPS) is 11.4. The van der Waals surface area contributed by atoms with Crippen LogP contribution in [-0.4, -0.2) is 36.9 Å². The van der Waals surface area contributed by atoms with Gasteiger partial charge in [-0.1, -0.05) is 42.5 Å². The van der Waals surface area contributed by atoms with E-state index in [0.717, 1.165) is 23.3 Å². The smallest absolute Gasteiger partial charge is 0.434 e. The van der Waals surface area contributed by atoms with E-state index in [1.165, 1.54) is 24.3 Å². The molecule has 0 radical (unpaired) electrons. The molecule has 0 unspecified atom stereocenters. The number of hydrogen-bond acceptors (Lipinski definition) is 5. The molecule has 2 N–H and O–H groups in total. The molecular weight excluding hydrogens is 577 g/mol. The first-order valence-electron chi connectivity index (χ1n) is 12.3. The van der Waals surface area contributed by atoms with Crippen LogP contribution in [0.2, 0.25) is 0 Å². The van der Waals surface area contributed by atoms with Gasteiger partial charge in [0.1, 0.15) is 18.0 Å². The minimum absolute atomic E-state index is 0.140. The van der Waals surface area contributed by atoms with E-state index in [9.17, 15) is 36.6 Å². The molecule has 0 amide bonds. The highest BCUT2D eigenvalue weighted by Gasteiger charge is 2.41. The fraction of sp³-hybridized carbons (Fsp3) is 0.0667. The number of pyridine rings is 1. The predicted molar refractivity (Wildman–Crippen MR) is 142 cm³/mol. The highest BCUT2D eigenvalue weighted by atomic mass is 19.4. The van der Waals surface area contributed by atoms with E-state index in [0.29, 0.717) is 22.5 Å². The summed E-state index contributed by atoms with van der Waals surface area (Å²) in [4.78, 5) is 26.5. The average Bonchev–Trinajstić information content (AvgIpc) is 3.44. The Morgan fingerprint density at radius 1 is 0.860 bits per heavy atom. The number of nitrogens with zero attached hydrogens (tertiary/aromatic N) is 3. The van der Waals surface area contributed by atoms with Gasteiger partial charge in [-0.25, -0.2) is 28.0 Å². The SMILES string of the molecule is O=C(O)c1ccc(-c2ccc(COc3c(F)cc(F)cc3-c3cccc(-n4ncc(C(=O)O)c4C(F)(F)F)n3)cc2)cc1. The summed E-state index contributed by atoms with van der Waals surface area (Å²) in [5.41, 5.74) is -0.761. The Morgan fingerprint density at radius 2 is 1.51 bits per heavy atom. The molecule has 218 valence electrons. The van der Waals surface area contributed by atoms with Gasteiger partial charge in [-0.15, -0.1) is 0 Å². The van der Waals surface area contributed by atoms with Crippen LogP contribution in [-0.2, 0) is 12.8 Å². The quantitative estimate of drug-likeness (QED) is 0.188. The van der Waals surface area contributed by atoms with E-state index < -0.39 is 52.6 Å². The van der Waals surface area contributed by atoms with E-state index in [-0.39, 0.29) is 23.4 Å². The Morgan fingerprint density at radius 3 is 2.12 bits per heavy atom. The van der Waals surface area contributed by atoms with Crippen molar-refractivity contribution in [1.82, 2.24) is 14.8 Å². The zero-order valence-electron chi connectivity index (χ0n) is 21.6. The van der Waals surface area contributed by atoms with Crippen LogP contribution in [0.15, 0.2) is 85.1 Å². The number of benzene rings is 3. The van der Waals surface area contributed by atoms with Gasteiger partial charge < -0.3 is 14.9 Å². The molecule has 0 saturated carbocycles.